The Balaban J connectivity index is 1.54. The van der Waals surface area contributed by atoms with Gasteiger partial charge in [-0.25, -0.2) is 9.18 Å². The second-order valence-electron chi connectivity index (χ2n) is 6.10. The number of nitrogens with zero attached hydrogens (tertiary/aromatic N) is 2. The molecule has 0 saturated heterocycles. The molecule has 2 N–H and O–H groups in total. The van der Waals surface area contributed by atoms with Crippen molar-refractivity contribution in [1.82, 2.24) is 20.1 Å². The molecule has 0 fully saturated rings. The van der Waals surface area contributed by atoms with E-state index in [0.717, 1.165) is 22.0 Å². The fourth-order valence-corrected chi connectivity index (χ4v) is 3.01. The monoisotopic (exact) mass is 364 g/mol. The molecule has 0 atom stereocenters. The van der Waals surface area contributed by atoms with Crippen LogP contribution < -0.4 is 10.1 Å². The summed E-state index contributed by atoms with van der Waals surface area (Å²) in [5.74, 6) is 0.00854. The molecule has 2 heterocycles. The summed E-state index contributed by atoms with van der Waals surface area (Å²) in [7, 11) is 1.47. The second-order valence-corrected chi connectivity index (χ2v) is 6.10. The molecule has 2 aromatic carbocycles. The number of ether oxygens (including phenoxy) is 1. The quantitative estimate of drug-likeness (QED) is 0.576. The van der Waals surface area contributed by atoms with E-state index in [4.69, 9.17) is 4.74 Å². The summed E-state index contributed by atoms with van der Waals surface area (Å²) in [6.07, 6.45) is 5.28. The van der Waals surface area contributed by atoms with Crippen LogP contribution in [0.2, 0.25) is 0 Å². The van der Waals surface area contributed by atoms with Gasteiger partial charge in [-0.1, -0.05) is 6.07 Å². The van der Waals surface area contributed by atoms with Crippen molar-refractivity contribution in [2.75, 3.05) is 7.11 Å². The van der Waals surface area contributed by atoms with Gasteiger partial charge in [-0.05, 0) is 41.5 Å². The van der Waals surface area contributed by atoms with Gasteiger partial charge in [0.25, 0.3) is 0 Å². The van der Waals surface area contributed by atoms with Crippen LogP contribution in [0.15, 0.2) is 61.1 Å². The van der Waals surface area contributed by atoms with Crippen molar-refractivity contribution in [3.05, 3.63) is 72.4 Å². The first-order chi connectivity index (χ1) is 13.1. The van der Waals surface area contributed by atoms with E-state index in [1.165, 1.54) is 23.8 Å². The summed E-state index contributed by atoms with van der Waals surface area (Å²) >= 11 is 0. The summed E-state index contributed by atoms with van der Waals surface area (Å²) in [4.78, 5) is 12.6. The topological polar surface area (TPSA) is 71.9 Å². The van der Waals surface area contributed by atoms with Crippen molar-refractivity contribution in [2.45, 2.75) is 6.54 Å². The molecule has 0 spiro atoms. The van der Waals surface area contributed by atoms with Crippen LogP contribution in [0.4, 0.5) is 9.18 Å². The third-order valence-corrected chi connectivity index (χ3v) is 4.35. The lowest BCUT2D eigenvalue weighted by Crippen LogP contribution is -2.27. The van der Waals surface area contributed by atoms with Gasteiger partial charge >= 0.3 is 6.03 Å². The van der Waals surface area contributed by atoms with E-state index < -0.39 is 5.82 Å². The minimum atomic E-state index is -0.406. The molecular formula is C20H17FN4O2. The number of aromatic amines is 1. The highest BCUT2D eigenvalue weighted by molar-refractivity contribution is 5.93. The summed E-state index contributed by atoms with van der Waals surface area (Å²) in [5, 5.41) is 10.5. The standard InChI is InChI=1S/C20H17FN4O2/c1-27-18-7-13(6-17(21)9-18)10-22-20(26)25-5-4-15-8-14(2-3-19(15)25)16-11-23-24-12-16/h2-9,11-12H,10H2,1H3,(H,22,26)(H,23,24). The minimum absolute atomic E-state index is 0.194. The zero-order valence-electron chi connectivity index (χ0n) is 14.6. The van der Waals surface area contributed by atoms with Crippen molar-refractivity contribution in [3.63, 3.8) is 0 Å². The van der Waals surface area contributed by atoms with Gasteiger partial charge in [-0.15, -0.1) is 0 Å². The lowest BCUT2D eigenvalue weighted by molar-refractivity contribution is 0.243. The largest absolute Gasteiger partial charge is 0.497 e. The smallest absolute Gasteiger partial charge is 0.326 e. The number of carbonyl (C=O) groups excluding carboxylic acids is 1. The van der Waals surface area contributed by atoms with E-state index >= 15 is 0 Å². The zero-order valence-corrected chi connectivity index (χ0v) is 14.6. The van der Waals surface area contributed by atoms with Crippen molar-refractivity contribution in [1.29, 1.82) is 0 Å². The van der Waals surface area contributed by atoms with Gasteiger partial charge in [0.2, 0.25) is 0 Å². The molecule has 6 nitrogen and oxygen atoms in total. The third-order valence-electron chi connectivity index (χ3n) is 4.35. The molecule has 2 aromatic heterocycles. The summed E-state index contributed by atoms with van der Waals surface area (Å²) in [6, 6.07) is 11.8. The van der Waals surface area contributed by atoms with Gasteiger partial charge in [0.15, 0.2) is 0 Å². The van der Waals surface area contributed by atoms with Gasteiger partial charge in [-0.2, -0.15) is 5.10 Å². The first-order valence-electron chi connectivity index (χ1n) is 8.36. The van der Waals surface area contributed by atoms with E-state index in [1.807, 2.05) is 30.5 Å². The maximum Gasteiger partial charge on any atom is 0.326 e. The molecule has 7 heteroatoms. The minimum Gasteiger partial charge on any atom is -0.497 e. The van der Waals surface area contributed by atoms with Gasteiger partial charge in [0.05, 0.1) is 18.8 Å². The molecule has 0 unspecified atom stereocenters. The van der Waals surface area contributed by atoms with Crippen LogP contribution in [0.1, 0.15) is 5.56 Å². The Hall–Kier alpha value is -3.61. The Morgan fingerprint density at radius 1 is 1.22 bits per heavy atom. The van der Waals surface area contributed by atoms with Gasteiger partial charge in [0, 0.05) is 36.0 Å². The number of carbonyl (C=O) groups is 1. The Kier molecular flexibility index (Phi) is 4.33. The first kappa shape index (κ1) is 16.8. The molecule has 0 saturated carbocycles. The molecule has 27 heavy (non-hydrogen) atoms. The SMILES string of the molecule is COc1cc(F)cc(CNC(=O)n2ccc3cc(-c4cn[nH]c4)ccc32)c1. The number of aromatic nitrogens is 3. The number of methoxy groups -OCH3 is 1. The van der Waals surface area contributed by atoms with Crippen LogP contribution in [-0.2, 0) is 6.54 Å². The molecule has 4 rings (SSSR count). The van der Waals surface area contributed by atoms with Crippen LogP contribution in [0.3, 0.4) is 0 Å². The van der Waals surface area contributed by atoms with Crippen LogP contribution in [-0.4, -0.2) is 27.9 Å². The Labute approximate surface area is 154 Å². The van der Waals surface area contributed by atoms with Crippen LogP contribution >= 0.6 is 0 Å². The van der Waals surface area contributed by atoms with Gasteiger partial charge in [-0.3, -0.25) is 9.67 Å². The zero-order chi connectivity index (χ0) is 18.8. The Morgan fingerprint density at radius 3 is 2.89 bits per heavy atom. The number of nitrogens with one attached hydrogen (secondary N) is 2. The van der Waals surface area contributed by atoms with Crippen LogP contribution in [0.25, 0.3) is 22.0 Å². The highest BCUT2D eigenvalue weighted by Crippen LogP contribution is 2.24. The summed E-state index contributed by atoms with van der Waals surface area (Å²) in [6.45, 7) is 0.194. The third kappa shape index (κ3) is 3.39. The molecule has 0 radical (unpaired) electrons. The maximum absolute atomic E-state index is 13.6. The van der Waals surface area contributed by atoms with Crippen LogP contribution in [0.5, 0.6) is 5.75 Å². The number of halogens is 1. The molecule has 0 aliphatic heterocycles. The number of H-pyrrole nitrogens is 1. The lowest BCUT2D eigenvalue weighted by Gasteiger charge is -2.09. The second kappa shape index (κ2) is 6.95. The summed E-state index contributed by atoms with van der Waals surface area (Å²) in [5.41, 5.74) is 3.41. The van der Waals surface area contributed by atoms with E-state index in [2.05, 4.69) is 15.5 Å². The molecule has 0 aliphatic rings. The fourth-order valence-electron chi connectivity index (χ4n) is 3.01. The maximum atomic E-state index is 13.6. The van der Waals surface area contributed by atoms with Crippen molar-refractivity contribution >= 4 is 16.9 Å². The predicted molar refractivity (Wildman–Crippen MR) is 100 cm³/mol. The molecule has 4 aromatic rings. The average Bonchev–Trinajstić information content (AvgIpc) is 3.34. The fraction of sp³-hybridized carbons (Fsp3) is 0.100. The number of amides is 1. The molecule has 0 aliphatic carbocycles. The van der Waals surface area contributed by atoms with Crippen molar-refractivity contribution in [2.24, 2.45) is 0 Å². The number of benzene rings is 2. The first-order valence-corrected chi connectivity index (χ1v) is 8.36. The molecule has 0 bridgehead atoms. The van der Waals surface area contributed by atoms with E-state index in [1.54, 1.807) is 18.5 Å². The highest BCUT2D eigenvalue weighted by Gasteiger charge is 2.10. The number of rotatable bonds is 4. The van der Waals surface area contributed by atoms with E-state index in [-0.39, 0.29) is 12.6 Å². The Bertz CT molecular complexity index is 1100. The van der Waals surface area contributed by atoms with Gasteiger partial charge in [0.1, 0.15) is 11.6 Å². The molecule has 1 amide bonds. The Morgan fingerprint density at radius 2 is 2.11 bits per heavy atom. The molecular weight excluding hydrogens is 347 g/mol. The predicted octanol–water partition coefficient (Wildman–Crippen LogP) is 3.94. The van der Waals surface area contributed by atoms with Gasteiger partial charge < -0.3 is 10.1 Å². The lowest BCUT2D eigenvalue weighted by atomic mass is 10.1. The number of hydrogen-bond donors (Lipinski definition) is 2. The summed E-state index contributed by atoms with van der Waals surface area (Å²) < 4.78 is 20.2. The van der Waals surface area contributed by atoms with Crippen molar-refractivity contribution in [3.8, 4) is 16.9 Å². The van der Waals surface area contributed by atoms with E-state index in [0.29, 0.717) is 11.3 Å². The average molecular weight is 364 g/mol. The van der Waals surface area contributed by atoms with Crippen molar-refractivity contribution < 1.29 is 13.9 Å². The number of hydrogen-bond acceptors (Lipinski definition) is 3. The highest BCUT2D eigenvalue weighted by atomic mass is 19.1. The number of fused-ring (bicyclic) bond motifs is 1. The normalized spacial score (nSPS) is 10.9. The molecule has 136 valence electrons. The van der Waals surface area contributed by atoms with Crippen LogP contribution in [0, 0.1) is 5.82 Å². The van der Waals surface area contributed by atoms with E-state index in [9.17, 15) is 9.18 Å².